The predicted molar refractivity (Wildman–Crippen MR) is 96.3 cm³/mol. The highest BCUT2D eigenvalue weighted by molar-refractivity contribution is 6.06. The first-order valence-corrected chi connectivity index (χ1v) is 8.12. The number of nitrogens with zero attached hydrogens (tertiary/aromatic N) is 3. The van der Waals surface area contributed by atoms with Crippen molar-refractivity contribution in [2.45, 2.75) is 20.1 Å². The highest BCUT2D eigenvalue weighted by Crippen LogP contribution is 2.21. The molecular formula is C20H19N3O2. The Bertz CT molecular complexity index is 869. The Morgan fingerprint density at radius 2 is 2.08 bits per heavy atom. The van der Waals surface area contributed by atoms with E-state index >= 15 is 0 Å². The molecular weight excluding hydrogens is 314 g/mol. The molecule has 0 fully saturated rings. The molecule has 2 heterocycles. The third kappa shape index (κ3) is 4.41. The predicted octanol–water partition coefficient (Wildman–Crippen LogP) is 3.77. The lowest BCUT2D eigenvalue weighted by molar-refractivity contribution is 0.104. The minimum Gasteiger partial charge on any atom is -0.488 e. The molecule has 0 aliphatic rings. The summed E-state index contributed by atoms with van der Waals surface area (Å²) < 4.78 is 7.59. The second-order valence-corrected chi connectivity index (χ2v) is 5.47. The Morgan fingerprint density at radius 1 is 1.20 bits per heavy atom. The fourth-order valence-electron chi connectivity index (χ4n) is 2.32. The maximum absolute atomic E-state index is 12.2. The number of hydrogen-bond donors (Lipinski definition) is 0. The number of benzene rings is 1. The van der Waals surface area contributed by atoms with Crippen molar-refractivity contribution in [3.05, 3.63) is 84.0 Å². The first-order valence-electron chi connectivity index (χ1n) is 8.12. The number of carbonyl (C=O) groups excluding carboxylic acids is 1. The molecule has 126 valence electrons. The summed E-state index contributed by atoms with van der Waals surface area (Å²) in [5.41, 5.74) is 2.42. The maximum Gasteiger partial charge on any atom is 0.189 e. The molecule has 0 saturated heterocycles. The van der Waals surface area contributed by atoms with E-state index in [1.54, 1.807) is 41.6 Å². The van der Waals surface area contributed by atoms with Crippen LogP contribution in [-0.4, -0.2) is 20.5 Å². The van der Waals surface area contributed by atoms with E-state index in [9.17, 15) is 4.79 Å². The van der Waals surface area contributed by atoms with E-state index in [1.165, 1.54) is 0 Å². The van der Waals surface area contributed by atoms with Gasteiger partial charge in [-0.25, -0.2) is 0 Å². The van der Waals surface area contributed by atoms with Crippen LogP contribution in [0.4, 0.5) is 0 Å². The van der Waals surface area contributed by atoms with Crippen LogP contribution in [-0.2, 0) is 13.2 Å². The van der Waals surface area contributed by atoms with Gasteiger partial charge < -0.3 is 4.74 Å². The number of allylic oxidation sites excluding steroid dienone is 1. The molecule has 0 amide bonds. The summed E-state index contributed by atoms with van der Waals surface area (Å²) in [7, 11) is 0. The van der Waals surface area contributed by atoms with Crippen molar-refractivity contribution < 1.29 is 9.53 Å². The molecule has 0 spiro atoms. The van der Waals surface area contributed by atoms with Gasteiger partial charge in [0.2, 0.25) is 0 Å². The SMILES string of the molecule is CCn1cc(C(=O)/C=C/c2ccccc2OCc2cccnc2)cn1. The van der Waals surface area contributed by atoms with E-state index in [0.717, 1.165) is 23.4 Å². The average Bonchev–Trinajstić information content (AvgIpc) is 3.15. The lowest BCUT2D eigenvalue weighted by Crippen LogP contribution is -1.97. The molecule has 3 rings (SSSR count). The van der Waals surface area contributed by atoms with Crippen molar-refractivity contribution in [2.75, 3.05) is 0 Å². The summed E-state index contributed by atoms with van der Waals surface area (Å²) >= 11 is 0. The molecule has 0 N–H and O–H groups in total. The number of aryl methyl sites for hydroxylation is 1. The van der Waals surface area contributed by atoms with Crippen LogP contribution in [0.15, 0.2) is 67.3 Å². The number of carbonyl (C=O) groups is 1. The van der Waals surface area contributed by atoms with Crippen molar-refractivity contribution in [3.8, 4) is 5.75 Å². The Morgan fingerprint density at radius 3 is 2.84 bits per heavy atom. The topological polar surface area (TPSA) is 57.0 Å². The fraction of sp³-hybridized carbons (Fsp3) is 0.150. The fourth-order valence-corrected chi connectivity index (χ4v) is 2.32. The number of hydrogen-bond acceptors (Lipinski definition) is 4. The highest BCUT2D eigenvalue weighted by Gasteiger charge is 2.06. The van der Waals surface area contributed by atoms with Crippen molar-refractivity contribution >= 4 is 11.9 Å². The van der Waals surface area contributed by atoms with Gasteiger partial charge in [0.15, 0.2) is 5.78 Å². The van der Waals surface area contributed by atoms with E-state index in [-0.39, 0.29) is 5.78 Å². The van der Waals surface area contributed by atoms with E-state index in [0.29, 0.717) is 12.2 Å². The number of pyridine rings is 1. The molecule has 0 aliphatic carbocycles. The zero-order chi connectivity index (χ0) is 17.5. The molecule has 25 heavy (non-hydrogen) atoms. The Balaban J connectivity index is 1.70. The van der Waals surface area contributed by atoms with Crippen LogP contribution in [0.1, 0.15) is 28.4 Å². The summed E-state index contributed by atoms with van der Waals surface area (Å²) in [5, 5.41) is 4.12. The lowest BCUT2D eigenvalue weighted by atomic mass is 10.1. The third-order valence-electron chi connectivity index (χ3n) is 3.69. The Labute approximate surface area is 146 Å². The van der Waals surface area contributed by atoms with Crippen molar-refractivity contribution in [2.24, 2.45) is 0 Å². The van der Waals surface area contributed by atoms with Gasteiger partial charge >= 0.3 is 0 Å². The first-order chi connectivity index (χ1) is 12.3. The molecule has 0 saturated carbocycles. The van der Waals surface area contributed by atoms with Crippen LogP contribution in [0.5, 0.6) is 5.75 Å². The molecule has 0 radical (unpaired) electrons. The summed E-state index contributed by atoms with van der Waals surface area (Å²) in [5.74, 6) is 0.640. The monoisotopic (exact) mass is 333 g/mol. The zero-order valence-electron chi connectivity index (χ0n) is 14.0. The van der Waals surface area contributed by atoms with Crippen molar-refractivity contribution in [1.82, 2.24) is 14.8 Å². The number of ketones is 1. The maximum atomic E-state index is 12.2. The van der Waals surface area contributed by atoms with E-state index in [1.807, 2.05) is 43.3 Å². The van der Waals surface area contributed by atoms with Gasteiger partial charge in [-0.2, -0.15) is 5.10 Å². The largest absolute Gasteiger partial charge is 0.488 e. The molecule has 1 aromatic carbocycles. The van der Waals surface area contributed by atoms with Crippen LogP contribution < -0.4 is 4.74 Å². The van der Waals surface area contributed by atoms with Gasteiger partial charge in [-0.15, -0.1) is 0 Å². The van der Waals surface area contributed by atoms with Crippen LogP contribution in [0.3, 0.4) is 0 Å². The van der Waals surface area contributed by atoms with E-state index in [4.69, 9.17) is 4.74 Å². The molecule has 3 aromatic rings. The molecule has 0 bridgehead atoms. The third-order valence-corrected chi connectivity index (χ3v) is 3.69. The lowest BCUT2D eigenvalue weighted by Gasteiger charge is -2.08. The van der Waals surface area contributed by atoms with Gasteiger partial charge in [-0.3, -0.25) is 14.5 Å². The number of para-hydroxylation sites is 1. The van der Waals surface area contributed by atoms with Gasteiger partial charge in [0.05, 0.1) is 11.8 Å². The molecule has 2 aromatic heterocycles. The molecule has 5 heteroatoms. The minimum absolute atomic E-state index is 0.0817. The molecule has 0 aliphatic heterocycles. The van der Waals surface area contributed by atoms with Crippen LogP contribution in [0, 0.1) is 0 Å². The summed E-state index contributed by atoms with van der Waals surface area (Å²) in [6, 6.07) is 11.5. The average molecular weight is 333 g/mol. The van der Waals surface area contributed by atoms with Gasteiger partial charge in [0, 0.05) is 36.3 Å². The summed E-state index contributed by atoms with van der Waals surface area (Å²) in [6.45, 7) is 3.14. The van der Waals surface area contributed by atoms with E-state index in [2.05, 4.69) is 10.1 Å². The van der Waals surface area contributed by atoms with Gasteiger partial charge in [-0.05, 0) is 31.2 Å². The molecule has 0 unspecified atom stereocenters. The zero-order valence-corrected chi connectivity index (χ0v) is 14.0. The second-order valence-electron chi connectivity index (χ2n) is 5.47. The van der Waals surface area contributed by atoms with Crippen LogP contribution in [0.2, 0.25) is 0 Å². The Kier molecular flexibility index (Phi) is 5.36. The normalized spacial score (nSPS) is 10.9. The number of ether oxygens (including phenoxy) is 1. The highest BCUT2D eigenvalue weighted by atomic mass is 16.5. The molecule has 5 nitrogen and oxygen atoms in total. The van der Waals surface area contributed by atoms with Gasteiger partial charge in [0.1, 0.15) is 12.4 Å². The van der Waals surface area contributed by atoms with Crippen LogP contribution >= 0.6 is 0 Å². The van der Waals surface area contributed by atoms with Gasteiger partial charge in [-0.1, -0.05) is 24.3 Å². The van der Waals surface area contributed by atoms with Crippen LogP contribution in [0.25, 0.3) is 6.08 Å². The standard InChI is InChI=1S/C20H19N3O2/c1-2-23-14-18(13-22-23)19(24)10-9-17-7-3-4-8-20(17)25-15-16-6-5-11-21-12-16/h3-14H,2,15H2,1H3/b10-9+. The number of aromatic nitrogens is 3. The van der Waals surface area contributed by atoms with Gasteiger partial charge in [0.25, 0.3) is 0 Å². The molecule has 0 atom stereocenters. The van der Waals surface area contributed by atoms with Crippen molar-refractivity contribution in [1.29, 1.82) is 0 Å². The minimum atomic E-state index is -0.0817. The van der Waals surface area contributed by atoms with Crippen molar-refractivity contribution in [3.63, 3.8) is 0 Å². The smallest absolute Gasteiger partial charge is 0.189 e. The first kappa shape index (κ1) is 16.6. The summed E-state index contributed by atoms with van der Waals surface area (Å²) in [4.78, 5) is 16.3. The Hall–Kier alpha value is -3.21. The number of rotatable bonds is 7. The van der Waals surface area contributed by atoms with E-state index < -0.39 is 0 Å². The summed E-state index contributed by atoms with van der Waals surface area (Å²) in [6.07, 6.45) is 10.1. The second kappa shape index (κ2) is 8.06. The quantitative estimate of drug-likeness (QED) is 0.488.